The minimum absolute atomic E-state index is 0. The van der Waals surface area contributed by atoms with Crippen LogP contribution in [0.2, 0.25) is 0 Å². The summed E-state index contributed by atoms with van der Waals surface area (Å²) in [5.74, 6) is 0.887. The summed E-state index contributed by atoms with van der Waals surface area (Å²) in [7, 11) is -1.20. The molecule has 0 spiro atoms. The molecule has 144 valence electrons. The number of nitrogens with one attached hydrogen (secondary N) is 2. The van der Waals surface area contributed by atoms with E-state index in [0.29, 0.717) is 12.4 Å². The first-order valence-electron chi connectivity index (χ1n) is 8.34. The van der Waals surface area contributed by atoms with E-state index in [1.165, 1.54) is 28.5 Å². The molecule has 25 heavy (non-hydrogen) atoms. The van der Waals surface area contributed by atoms with Crippen LogP contribution in [-0.2, 0) is 16.3 Å². The lowest BCUT2D eigenvalue weighted by Gasteiger charge is -2.18. The molecule has 0 radical (unpaired) electrons. The molecule has 0 heterocycles. The van der Waals surface area contributed by atoms with Crippen molar-refractivity contribution in [2.75, 3.05) is 25.6 Å². The van der Waals surface area contributed by atoms with E-state index in [4.69, 9.17) is 0 Å². The van der Waals surface area contributed by atoms with Crippen LogP contribution in [0.15, 0.2) is 17.1 Å². The third-order valence-electron chi connectivity index (χ3n) is 4.04. The van der Waals surface area contributed by atoms with Crippen LogP contribution < -0.4 is 10.6 Å². The van der Waals surface area contributed by atoms with Crippen molar-refractivity contribution >= 4 is 39.8 Å². The molecule has 5 nitrogen and oxygen atoms in total. The van der Waals surface area contributed by atoms with E-state index in [2.05, 4.69) is 48.5 Å². The minimum Gasteiger partial charge on any atom is -0.356 e. The zero-order valence-corrected chi connectivity index (χ0v) is 19.3. The normalized spacial score (nSPS) is 13.1. The van der Waals surface area contributed by atoms with Gasteiger partial charge in [-0.3, -0.25) is 4.99 Å². The molecule has 2 N–H and O–H groups in total. The second-order valence-electron chi connectivity index (χ2n) is 6.59. The van der Waals surface area contributed by atoms with Gasteiger partial charge in [0, 0.05) is 25.9 Å². The molecule has 0 aliphatic rings. The fourth-order valence-corrected chi connectivity index (χ4v) is 3.58. The lowest BCUT2D eigenvalue weighted by atomic mass is 9.97. The highest BCUT2D eigenvalue weighted by Gasteiger charge is 2.10. The molecule has 1 atom stereocenters. The first-order chi connectivity index (χ1) is 11.1. The SMILES string of the molecule is CN=C(NCCc1c(C)cc(C)cc1C)NC(C)CCS(C)(=O)=O.I. The lowest BCUT2D eigenvalue weighted by Crippen LogP contribution is -2.43. The zero-order valence-electron chi connectivity index (χ0n) is 16.1. The molecule has 1 rings (SSSR count). The lowest BCUT2D eigenvalue weighted by molar-refractivity contribution is 0.581. The van der Waals surface area contributed by atoms with Crippen LogP contribution in [0.5, 0.6) is 0 Å². The number of nitrogens with zero attached hydrogens (tertiary/aromatic N) is 1. The third-order valence-corrected chi connectivity index (χ3v) is 5.01. The van der Waals surface area contributed by atoms with Crippen LogP contribution in [0, 0.1) is 20.8 Å². The molecule has 1 aromatic rings. The fraction of sp³-hybridized carbons (Fsp3) is 0.611. The quantitative estimate of drug-likeness (QED) is 0.357. The van der Waals surface area contributed by atoms with Crippen molar-refractivity contribution in [1.82, 2.24) is 10.6 Å². The van der Waals surface area contributed by atoms with Crippen molar-refractivity contribution in [2.24, 2.45) is 4.99 Å². The molecule has 0 aromatic heterocycles. The van der Waals surface area contributed by atoms with Gasteiger partial charge >= 0.3 is 0 Å². The Morgan fingerprint density at radius 3 is 2.24 bits per heavy atom. The van der Waals surface area contributed by atoms with Crippen LogP contribution in [0.1, 0.15) is 35.6 Å². The molecule has 0 bridgehead atoms. The maximum atomic E-state index is 11.2. The van der Waals surface area contributed by atoms with Gasteiger partial charge in [-0.15, -0.1) is 24.0 Å². The summed E-state index contributed by atoms with van der Waals surface area (Å²) in [5.41, 5.74) is 5.30. The van der Waals surface area contributed by atoms with Crippen LogP contribution in [-0.4, -0.2) is 46.0 Å². The second kappa shape index (κ2) is 11.0. The predicted molar refractivity (Wildman–Crippen MR) is 118 cm³/mol. The van der Waals surface area contributed by atoms with Gasteiger partial charge in [0.05, 0.1) is 5.75 Å². The van der Waals surface area contributed by atoms with Gasteiger partial charge in [0.15, 0.2) is 5.96 Å². The molecule has 1 unspecified atom stereocenters. The average Bonchev–Trinajstić information content (AvgIpc) is 2.45. The van der Waals surface area contributed by atoms with Crippen molar-refractivity contribution in [2.45, 2.75) is 46.6 Å². The van der Waals surface area contributed by atoms with Crippen molar-refractivity contribution in [3.63, 3.8) is 0 Å². The van der Waals surface area contributed by atoms with Gasteiger partial charge in [-0.2, -0.15) is 0 Å². The number of benzene rings is 1. The van der Waals surface area contributed by atoms with Gasteiger partial charge in [-0.05, 0) is 57.2 Å². The number of halogens is 1. The van der Waals surface area contributed by atoms with Crippen molar-refractivity contribution < 1.29 is 8.42 Å². The summed E-state index contributed by atoms with van der Waals surface area (Å²) >= 11 is 0. The predicted octanol–water partition coefficient (Wildman–Crippen LogP) is 2.76. The molecule has 7 heteroatoms. The number of sulfone groups is 1. The number of rotatable bonds is 7. The smallest absolute Gasteiger partial charge is 0.191 e. The highest BCUT2D eigenvalue weighted by Crippen LogP contribution is 2.16. The zero-order chi connectivity index (χ0) is 18.3. The molecule has 0 aliphatic carbocycles. The Kier molecular flexibility index (Phi) is 10.6. The summed E-state index contributed by atoms with van der Waals surface area (Å²) in [6.45, 7) is 9.16. The first kappa shape index (κ1) is 24.2. The van der Waals surface area contributed by atoms with E-state index in [0.717, 1.165) is 13.0 Å². The van der Waals surface area contributed by atoms with Gasteiger partial charge < -0.3 is 10.6 Å². The maximum Gasteiger partial charge on any atom is 0.191 e. The number of hydrogen-bond acceptors (Lipinski definition) is 3. The first-order valence-corrected chi connectivity index (χ1v) is 10.4. The Hall–Kier alpha value is -0.830. The van der Waals surface area contributed by atoms with E-state index in [-0.39, 0.29) is 35.8 Å². The maximum absolute atomic E-state index is 11.2. The molecule has 1 aromatic carbocycles. The van der Waals surface area contributed by atoms with Crippen LogP contribution >= 0.6 is 24.0 Å². The van der Waals surface area contributed by atoms with Gasteiger partial charge in [-0.1, -0.05) is 17.7 Å². The highest BCUT2D eigenvalue weighted by atomic mass is 127. The molecule has 0 aliphatic heterocycles. The van der Waals surface area contributed by atoms with Gasteiger partial charge in [0.25, 0.3) is 0 Å². The Bertz CT molecular complexity index is 665. The number of hydrogen-bond donors (Lipinski definition) is 2. The monoisotopic (exact) mass is 481 g/mol. The number of aliphatic imine (C=N–C) groups is 1. The topological polar surface area (TPSA) is 70.6 Å². The molecule has 0 fully saturated rings. The standard InChI is InChI=1S/C18H31N3O2S.HI/c1-13-11-14(2)17(15(3)12-13)7-9-20-18(19-5)21-16(4)8-10-24(6,22)23;/h11-12,16H,7-10H2,1-6H3,(H2,19,20,21);1H. The minimum atomic E-state index is -2.93. The van der Waals surface area contributed by atoms with E-state index < -0.39 is 9.84 Å². The number of guanidine groups is 1. The van der Waals surface area contributed by atoms with Crippen molar-refractivity contribution in [1.29, 1.82) is 0 Å². The average molecular weight is 481 g/mol. The van der Waals surface area contributed by atoms with E-state index >= 15 is 0 Å². The van der Waals surface area contributed by atoms with Gasteiger partial charge in [-0.25, -0.2) is 8.42 Å². The van der Waals surface area contributed by atoms with Crippen LogP contribution in [0.25, 0.3) is 0 Å². The summed E-state index contributed by atoms with van der Waals surface area (Å²) in [5, 5.41) is 6.54. The summed E-state index contributed by atoms with van der Waals surface area (Å²) in [4.78, 5) is 4.21. The molecule has 0 saturated carbocycles. The van der Waals surface area contributed by atoms with E-state index in [1.807, 2.05) is 6.92 Å². The summed E-state index contributed by atoms with van der Waals surface area (Å²) in [6.07, 6.45) is 2.76. The van der Waals surface area contributed by atoms with Crippen molar-refractivity contribution in [3.8, 4) is 0 Å². The van der Waals surface area contributed by atoms with Crippen molar-refractivity contribution in [3.05, 3.63) is 34.4 Å². The Balaban J connectivity index is 0.00000576. The highest BCUT2D eigenvalue weighted by molar-refractivity contribution is 14.0. The van der Waals surface area contributed by atoms with Gasteiger partial charge in [0.1, 0.15) is 9.84 Å². The number of aryl methyl sites for hydroxylation is 3. The molecular weight excluding hydrogens is 449 g/mol. The van der Waals surface area contributed by atoms with E-state index in [9.17, 15) is 8.42 Å². The molecule has 0 saturated heterocycles. The second-order valence-corrected chi connectivity index (χ2v) is 8.85. The van der Waals surface area contributed by atoms with Crippen LogP contribution in [0.3, 0.4) is 0 Å². The Labute approximate surface area is 170 Å². The largest absolute Gasteiger partial charge is 0.356 e. The van der Waals surface area contributed by atoms with Crippen LogP contribution in [0.4, 0.5) is 0 Å². The fourth-order valence-electron chi connectivity index (χ4n) is 2.80. The third kappa shape index (κ3) is 9.44. The molecule has 0 amide bonds. The summed E-state index contributed by atoms with van der Waals surface area (Å²) < 4.78 is 22.5. The van der Waals surface area contributed by atoms with E-state index in [1.54, 1.807) is 7.05 Å². The Morgan fingerprint density at radius 2 is 1.76 bits per heavy atom. The summed E-state index contributed by atoms with van der Waals surface area (Å²) in [6, 6.07) is 4.47. The molecular formula is C18H32IN3O2S. The Morgan fingerprint density at radius 1 is 1.20 bits per heavy atom. The van der Waals surface area contributed by atoms with Gasteiger partial charge in [0.2, 0.25) is 0 Å².